The van der Waals surface area contributed by atoms with Crippen molar-refractivity contribution in [1.82, 2.24) is 15.5 Å². The summed E-state index contributed by atoms with van der Waals surface area (Å²) in [7, 11) is -1.76. The minimum absolute atomic E-state index is 0.00377. The van der Waals surface area contributed by atoms with Crippen molar-refractivity contribution < 1.29 is 21.6 Å². The van der Waals surface area contributed by atoms with Crippen molar-refractivity contribution in [1.29, 1.82) is 0 Å². The zero-order valence-corrected chi connectivity index (χ0v) is 16.0. The van der Waals surface area contributed by atoms with E-state index in [9.17, 15) is 21.6 Å². The molecule has 1 heterocycles. The number of hydrogen-bond acceptors (Lipinski definition) is 4. The molecule has 1 aliphatic rings. The van der Waals surface area contributed by atoms with Gasteiger partial charge in [0.15, 0.2) is 15.8 Å². The quantitative estimate of drug-likeness (QED) is 0.409. The Kier molecular flexibility index (Phi) is 7.49. The summed E-state index contributed by atoms with van der Waals surface area (Å²) in [5.74, 6) is 0.468. The standard InChI is InChI=1S/C17H25F3N4O2S/c1-21-16(23-14-8-10-24(12-14)13-17(18,19)20)22-9-5-11-27(25,26)15-6-3-2-4-7-15/h2-4,6-7,14H,5,8-13H2,1H3,(H2,21,22,23). The largest absolute Gasteiger partial charge is 0.401 e. The van der Waals surface area contributed by atoms with Gasteiger partial charge in [0.25, 0.3) is 0 Å². The Morgan fingerprint density at radius 3 is 2.63 bits per heavy atom. The van der Waals surface area contributed by atoms with Gasteiger partial charge in [-0.1, -0.05) is 18.2 Å². The van der Waals surface area contributed by atoms with Gasteiger partial charge in [-0.15, -0.1) is 0 Å². The number of halogens is 3. The maximum atomic E-state index is 12.4. The van der Waals surface area contributed by atoms with E-state index in [2.05, 4.69) is 15.6 Å². The average molecular weight is 406 g/mol. The normalized spacial score (nSPS) is 19.3. The van der Waals surface area contributed by atoms with E-state index >= 15 is 0 Å². The molecule has 0 bridgehead atoms. The predicted molar refractivity (Wildman–Crippen MR) is 98.5 cm³/mol. The molecule has 27 heavy (non-hydrogen) atoms. The van der Waals surface area contributed by atoms with Gasteiger partial charge in [-0.25, -0.2) is 8.42 Å². The summed E-state index contributed by atoms with van der Waals surface area (Å²) in [5, 5.41) is 6.11. The Morgan fingerprint density at radius 2 is 2.00 bits per heavy atom. The van der Waals surface area contributed by atoms with Gasteiger partial charge in [0.05, 0.1) is 17.2 Å². The molecule has 1 unspecified atom stereocenters. The maximum absolute atomic E-state index is 12.4. The first kappa shape index (κ1) is 21.5. The summed E-state index contributed by atoms with van der Waals surface area (Å²) in [6.45, 7) is 0.158. The molecular formula is C17H25F3N4O2S. The lowest BCUT2D eigenvalue weighted by atomic mass is 10.3. The fraction of sp³-hybridized carbons (Fsp3) is 0.588. The van der Waals surface area contributed by atoms with Gasteiger partial charge in [0.2, 0.25) is 0 Å². The van der Waals surface area contributed by atoms with Gasteiger partial charge in [-0.3, -0.25) is 9.89 Å². The Morgan fingerprint density at radius 1 is 1.30 bits per heavy atom. The third-order valence-corrected chi connectivity index (χ3v) is 6.04. The van der Waals surface area contributed by atoms with Crippen LogP contribution in [0, 0.1) is 0 Å². The minimum Gasteiger partial charge on any atom is -0.356 e. The molecule has 1 saturated heterocycles. The van der Waals surface area contributed by atoms with Gasteiger partial charge < -0.3 is 10.6 Å². The number of sulfone groups is 1. The highest BCUT2D eigenvalue weighted by atomic mass is 32.2. The fourth-order valence-electron chi connectivity index (χ4n) is 2.95. The third kappa shape index (κ3) is 7.37. The minimum atomic E-state index is -4.20. The molecule has 1 aromatic rings. The zero-order chi connectivity index (χ0) is 19.9. The third-order valence-electron chi connectivity index (χ3n) is 4.22. The second-order valence-corrected chi connectivity index (χ2v) is 8.57. The lowest BCUT2D eigenvalue weighted by molar-refractivity contribution is -0.143. The second kappa shape index (κ2) is 9.41. The van der Waals surface area contributed by atoms with Crippen LogP contribution in [0.25, 0.3) is 0 Å². The van der Waals surface area contributed by atoms with Crippen LogP contribution < -0.4 is 10.6 Å². The molecule has 1 fully saturated rings. The number of hydrogen-bond donors (Lipinski definition) is 2. The van der Waals surface area contributed by atoms with Crippen molar-refractivity contribution in [3.63, 3.8) is 0 Å². The van der Waals surface area contributed by atoms with Crippen LogP contribution >= 0.6 is 0 Å². The number of rotatable bonds is 7. The van der Waals surface area contributed by atoms with Gasteiger partial charge in [0.1, 0.15) is 0 Å². The number of guanidine groups is 1. The first-order valence-corrected chi connectivity index (χ1v) is 10.4. The lowest BCUT2D eigenvalue weighted by Crippen LogP contribution is -2.45. The average Bonchev–Trinajstić information content (AvgIpc) is 3.03. The summed E-state index contributed by atoms with van der Waals surface area (Å²) in [6.07, 6.45) is -3.21. The number of nitrogens with one attached hydrogen (secondary N) is 2. The SMILES string of the molecule is CN=C(NCCCS(=O)(=O)c1ccccc1)NC1CCN(CC(F)(F)F)C1. The van der Waals surface area contributed by atoms with Crippen LogP contribution in [0.2, 0.25) is 0 Å². The highest BCUT2D eigenvalue weighted by molar-refractivity contribution is 7.91. The summed E-state index contributed by atoms with van der Waals surface area (Å²) < 4.78 is 61.7. The highest BCUT2D eigenvalue weighted by Crippen LogP contribution is 2.19. The van der Waals surface area contributed by atoms with Crippen LogP contribution in [0.4, 0.5) is 13.2 Å². The Bertz CT molecular complexity index is 723. The van der Waals surface area contributed by atoms with E-state index in [0.29, 0.717) is 43.3 Å². The van der Waals surface area contributed by atoms with E-state index in [1.807, 2.05) is 0 Å². The molecule has 10 heteroatoms. The van der Waals surface area contributed by atoms with Crippen LogP contribution in [0.15, 0.2) is 40.2 Å². The van der Waals surface area contributed by atoms with E-state index in [1.165, 1.54) is 4.90 Å². The second-order valence-electron chi connectivity index (χ2n) is 6.46. The summed E-state index contributed by atoms with van der Waals surface area (Å²) >= 11 is 0. The van der Waals surface area contributed by atoms with Crippen molar-refractivity contribution in [3.05, 3.63) is 30.3 Å². The van der Waals surface area contributed by atoms with E-state index < -0.39 is 22.6 Å². The molecule has 1 aliphatic heterocycles. The molecule has 0 aromatic heterocycles. The van der Waals surface area contributed by atoms with Gasteiger partial charge in [-0.2, -0.15) is 13.2 Å². The topological polar surface area (TPSA) is 73.8 Å². The van der Waals surface area contributed by atoms with E-state index in [0.717, 1.165) is 0 Å². The number of likely N-dealkylation sites (tertiary alicyclic amines) is 1. The van der Waals surface area contributed by atoms with Crippen molar-refractivity contribution in [2.45, 2.75) is 30.0 Å². The van der Waals surface area contributed by atoms with Gasteiger partial charge in [0, 0.05) is 32.7 Å². The molecule has 1 atom stereocenters. The monoisotopic (exact) mass is 406 g/mol. The van der Waals surface area contributed by atoms with E-state index in [-0.39, 0.29) is 11.8 Å². The maximum Gasteiger partial charge on any atom is 0.401 e. The molecule has 0 amide bonds. The predicted octanol–water partition coefficient (Wildman–Crippen LogP) is 1.65. The number of alkyl halides is 3. The van der Waals surface area contributed by atoms with Gasteiger partial charge >= 0.3 is 6.18 Å². The van der Waals surface area contributed by atoms with E-state index in [1.54, 1.807) is 37.4 Å². The molecule has 0 aliphatic carbocycles. The Balaban J connectivity index is 1.72. The molecule has 152 valence electrons. The Hall–Kier alpha value is -1.81. The van der Waals surface area contributed by atoms with Crippen molar-refractivity contribution in [2.24, 2.45) is 4.99 Å². The molecule has 1 aromatic carbocycles. The molecule has 0 radical (unpaired) electrons. The molecule has 2 N–H and O–H groups in total. The van der Waals surface area contributed by atoms with Gasteiger partial charge in [-0.05, 0) is 25.0 Å². The fourth-order valence-corrected chi connectivity index (χ4v) is 4.28. The smallest absolute Gasteiger partial charge is 0.356 e. The van der Waals surface area contributed by atoms with E-state index in [4.69, 9.17) is 0 Å². The molecular weight excluding hydrogens is 381 g/mol. The summed E-state index contributed by atoms with van der Waals surface area (Å²) in [5.41, 5.74) is 0. The van der Waals surface area contributed by atoms with Crippen LogP contribution in [-0.4, -0.2) is 70.5 Å². The van der Waals surface area contributed by atoms with Crippen molar-refractivity contribution >= 4 is 15.8 Å². The number of nitrogens with zero attached hydrogens (tertiary/aromatic N) is 2. The molecule has 6 nitrogen and oxygen atoms in total. The van der Waals surface area contributed by atoms with Crippen LogP contribution in [0.5, 0.6) is 0 Å². The Labute approximate surface area is 157 Å². The van der Waals surface area contributed by atoms with Crippen LogP contribution in [0.1, 0.15) is 12.8 Å². The van der Waals surface area contributed by atoms with Crippen LogP contribution in [-0.2, 0) is 9.84 Å². The lowest BCUT2D eigenvalue weighted by Gasteiger charge is -2.19. The zero-order valence-electron chi connectivity index (χ0n) is 15.2. The van der Waals surface area contributed by atoms with Crippen molar-refractivity contribution in [3.8, 4) is 0 Å². The van der Waals surface area contributed by atoms with Crippen molar-refractivity contribution in [2.75, 3.05) is 39.0 Å². The first-order chi connectivity index (χ1) is 12.7. The molecule has 0 saturated carbocycles. The molecule has 2 rings (SSSR count). The molecule has 0 spiro atoms. The summed E-state index contributed by atoms with van der Waals surface area (Å²) in [4.78, 5) is 5.70. The first-order valence-electron chi connectivity index (χ1n) is 8.74. The van der Waals surface area contributed by atoms with Crippen LogP contribution in [0.3, 0.4) is 0 Å². The number of aliphatic imine (C=N–C) groups is 1. The highest BCUT2D eigenvalue weighted by Gasteiger charge is 2.34. The summed E-state index contributed by atoms with van der Waals surface area (Å²) in [6, 6.07) is 8.13. The number of benzene rings is 1.